The predicted octanol–water partition coefficient (Wildman–Crippen LogP) is 0.826. The molecule has 1 saturated heterocycles. The zero-order valence-corrected chi connectivity index (χ0v) is 20.0. The molecule has 0 bridgehead atoms. The highest BCUT2D eigenvalue weighted by molar-refractivity contribution is 5.85. The summed E-state index contributed by atoms with van der Waals surface area (Å²) in [4.78, 5) is 14.7. The second-order valence-corrected chi connectivity index (χ2v) is 8.65. The topological polar surface area (TPSA) is 172 Å². The maximum Gasteiger partial charge on any atom is 0.214 e. The molecule has 37 heavy (non-hydrogen) atoms. The van der Waals surface area contributed by atoms with Gasteiger partial charge in [-0.2, -0.15) is 0 Å². The predicted molar refractivity (Wildman–Crippen MR) is 135 cm³/mol. The van der Waals surface area contributed by atoms with Crippen LogP contribution in [0.2, 0.25) is 0 Å². The lowest BCUT2D eigenvalue weighted by molar-refractivity contribution is -0.0503. The number of rotatable bonds is 8. The first-order valence-corrected chi connectivity index (χ1v) is 11.7. The third kappa shape index (κ3) is 4.56. The molecule has 12 heteroatoms. The molecule has 3 heterocycles. The molecule has 1 aliphatic rings. The van der Waals surface area contributed by atoms with Crippen LogP contribution in [0.1, 0.15) is 6.23 Å². The highest BCUT2D eigenvalue weighted by Crippen LogP contribution is 2.38. The highest BCUT2D eigenvalue weighted by Gasteiger charge is 2.45. The molecule has 0 spiro atoms. The van der Waals surface area contributed by atoms with E-state index in [9.17, 15) is 15.3 Å². The van der Waals surface area contributed by atoms with Gasteiger partial charge in [0.2, 0.25) is 5.95 Å². The fraction of sp³-hybridized carbons (Fsp3) is 0.320. The Balaban J connectivity index is 1.50. The molecule has 12 nitrogen and oxygen atoms in total. The molecule has 1 aliphatic heterocycles. The van der Waals surface area contributed by atoms with Crippen molar-refractivity contribution in [2.24, 2.45) is 0 Å². The Morgan fingerprint density at radius 2 is 1.84 bits per heavy atom. The van der Waals surface area contributed by atoms with Crippen molar-refractivity contribution < 1.29 is 29.9 Å². The number of fused-ring (bicyclic) bond motifs is 1. The Hall–Kier alpha value is -3.81. The van der Waals surface area contributed by atoms with Gasteiger partial charge in [0, 0.05) is 12.7 Å². The van der Waals surface area contributed by atoms with Crippen molar-refractivity contribution in [2.45, 2.75) is 24.5 Å². The number of hydrogen-bond donors (Lipinski definition) is 5. The lowest BCUT2D eigenvalue weighted by atomic mass is 10.0. The van der Waals surface area contributed by atoms with Gasteiger partial charge in [-0.25, -0.2) is 15.0 Å². The molecule has 6 N–H and O–H groups in total. The molecule has 4 atom stereocenters. The summed E-state index contributed by atoms with van der Waals surface area (Å²) in [6.45, 7) is -0.300. The number of nitrogens with zero attached hydrogens (tertiary/aromatic N) is 5. The smallest absolute Gasteiger partial charge is 0.214 e. The Morgan fingerprint density at radius 1 is 1.05 bits per heavy atom. The van der Waals surface area contributed by atoms with Crippen molar-refractivity contribution in [3.63, 3.8) is 0 Å². The van der Waals surface area contributed by atoms with E-state index in [1.807, 2.05) is 48.5 Å². The van der Waals surface area contributed by atoms with E-state index in [2.05, 4.69) is 15.0 Å². The molecule has 5 rings (SSSR count). The maximum absolute atomic E-state index is 10.7. The largest absolute Gasteiger partial charge is 0.491 e. The SMILES string of the molecule is CN(c1ccc(-c2cccc(OCCO)c2)cc1)c1nc2c(N)ncnc2n1[C@@H]1O[C@H](CO)[C@@H](O)[C@H]1O. The van der Waals surface area contributed by atoms with E-state index in [0.717, 1.165) is 16.8 Å². The van der Waals surface area contributed by atoms with E-state index in [0.29, 0.717) is 22.9 Å². The lowest BCUT2D eigenvalue weighted by Crippen LogP contribution is -2.33. The van der Waals surface area contributed by atoms with Crippen LogP contribution in [0.5, 0.6) is 5.75 Å². The number of aromatic nitrogens is 4. The molecule has 1 fully saturated rings. The molecule has 0 amide bonds. The summed E-state index contributed by atoms with van der Waals surface area (Å²) in [7, 11) is 1.79. The summed E-state index contributed by atoms with van der Waals surface area (Å²) in [6.07, 6.45) is -3.37. The molecular weight excluding hydrogens is 480 g/mol. The minimum absolute atomic E-state index is 0.0597. The van der Waals surface area contributed by atoms with Crippen LogP contribution in [-0.4, -0.2) is 85.1 Å². The van der Waals surface area contributed by atoms with Crippen LogP contribution in [0.25, 0.3) is 22.3 Å². The number of anilines is 3. The Bertz CT molecular complexity index is 1380. The van der Waals surface area contributed by atoms with Gasteiger partial charge >= 0.3 is 0 Å². The molecule has 4 aromatic rings. The first-order chi connectivity index (χ1) is 17.9. The molecule has 0 radical (unpaired) electrons. The Kier molecular flexibility index (Phi) is 6.91. The van der Waals surface area contributed by atoms with E-state index in [-0.39, 0.29) is 19.0 Å². The number of aliphatic hydroxyl groups excluding tert-OH is 4. The molecule has 194 valence electrons. The average Bonchev–Trinajstić information content (AvgIpc) is 3.45. The van der Waals surface area contributed by atoms with Crippen LogP contribution >= 0.6 is 0 Å². The first kappa shape index (κ1) is 24.9. The van der Waals surface area contributed by atoms with Crippen LogP contribution in [0, 0.1) is 0 Å². The third-order valence-electron chi connectivity index (χ3n) is 6.34. The van der Waals surface area contributed by atoms with Gasteiger partial charge in [-0.05, 0) is 35.4 Å². The van der Waals surface area contributed by atoms with Gasteiger partial charge in [-0.3, -0.25) is 4.57 Å². The van der Waals surface area contributed by atoms with Crippen molar-refractivity contribution in [2.75, 3.05) is 37.5 Å². The maximum atomic E-state index is 10.7. The molecule has 0 unspecified atom stereocenters. The second-order valence-electron chi connectivity index (χ2n) is 8.65. The van der Waals surface area contributed by atoms with Crippen molar-refractivity contribution in [1.29, 1.82) is 0 Å². The van der Waals surface area contributed by atoms with E-state index in [1.54, 1.807) is 16.5 Å². The Labute approximate surface area is 212 Å². The van der Waals surface area contributed by atoms with Crippen LogP contribution in [0.15, 0.2) is 54.9 Å². The summed E-state index contributed by atoms with van der Waals surface area (Å²) >= 11 is 0. The number of nitrogen functional groups attached to an aromatic ring is 1. The van der Waals surface area contributed by atoms with Gasteiger partial charge in [0.25, 0.3) is 0 Å². The minimum Gasteiger partial charge on any atom is -0.491 e. The quantitative estimate of drug-likeness (QED) is 0.228. The number of imidazole rings is 1. The lowest BCUT2D eigenvalue weighted by Gasteiger charge is -2.24. The first-order valence-electron chi connectivity index (χ1n) is 11.7. The van der Waals surface area contributed by atoms with Crippen LogP contribution in [-0.2, 0) is 4.74 Å². The fourth-order valence-electron chi connectivity index (χ4n) is 4.40. The molecular formula is C25H28N6O6. The normalized spacial score (nSPS) is 21.4. The van der Waals surface area contributed by atoms with Gasteiger partial charge in [-0.15, -0.1) is 0 Å². The van der Waals surface area contributed by atoms with E-state index in [4.69, 9.17) is 20.3 Å². The monoisotopic (exact) mass is 508 g/mol. The number of nitrogens with two attached hydrogens (primary N) is 1. The number of aliphatic hydroxyl groups is 4. The molecule has 0 saturated carbocycles. The van der Waals surface area contributed by atoms with Crippen LogP contribution in [0.4, 0.5) is 17.5 Å². The van der Waals surface area contributed by atoms with Gasteiger partial charge in [-0.1, -0.05) is 24.3 Å². The molecule has 0 aliphatic carbocycles. The summed E-state index contributed by atoms with van der Waals surface area (Å²) < 4.78 is 12.8. The van der Waals surface area contributed by atoms with Gasteiger partial charge < -0.3 is 40.5 Å². The van der Waals surface area contributed by atoms with Crippen molar-refractivity contribution in [3.05, 3.63) is 54.9 Å². The van der Waals surface area contributed by atoms with Crippen molar-refractivity contribution in [3.8, 4) is 16.9 Å². The zero-order valence-electron chi connectivity index (χ0n) is 20.0. The Morgan fingerprint density at radius 3 is 2.54 bits per heavy atom. The summed E-state index contributed by atoms with van der Waals surface area (Å²) in [5.41, 5.74) is 9.37. The minimum atomic E-state index is -1.33. The average molecular weight is 509 g/mol. The van der Waals surface area contributed by atoms with Gasteiger partial charge in [0.15, 0.2) is 23.2 Å². The summed E-state index contributed by atoms with van der Waals surface area (Å²) in [6, 6.07) is 15.3. The van der Waals surface area contributed by atoms with Crippen molar-refractivity contribution in [1.82, 2.24) is 19.5 Å². The summed E-state index contributed by atoms with van der Waals surface area (Å²) in [5.74, 6) is 1.17. The van der Waals surface area contributed by atoms with E-state index < -0.39 is 31.1 Å². The number of hydrogen-bond acceptors (Lipinski definition) is 11. The van der Waals surface area contributed by atoms with Crippen molar-refractivity contribution >= 4 is 28.6 Å². The third-order valence-corrected chi connectivity index (χ3v) is 6.34. The molecule has 2 aromatic heterocycles. The number of benzene rings is 2. The van der Waals surface area contributed by atoms with E-state index in [1.165, 1.54) is 6.33 Å². The van der Waals surface area contributed by atoms with Crippen LogP contribution in [0.3, 0.4) is 0 Å². The second kappa shape index (κ2) is 10.3. The molecule has 2 aromatic carbocycles. The fourth-order valence-corrected chi connectivity index (χ4v) is 4.40. The van der Waals surface area contributed by atoms with Crippen LogP contribution < -0.4 is 15.4 Å². The summed E-state index contributed by atoms with van der Waals surface area (Å²) in [5, 5.41) is 39.6. The zero-order chi connectivity index (χ0) is 26.1. The number of ether oxygens (including phenoxy) is 2. The van der Waals surface area contributed by atoms with Gasteiger partial charge in [0.05, 0.1) is 13.2 Å². The highest BCUT2D eigenvalue weighted by atomic mass is 16.6. The van der Waals surface area contributed by atoms with Gasteiger partial charge in [0.1, 0.15) is 37.0 Å². The standard InChI is InChI=1S/C25H28N6O6/c1-30(16-7-5-14(6-8-16)15-3-2-4-17(11-15)36-10-9-32)25-29-19-22(26)27-13-28-23(19)31(25)24-21(35)20(34)18(12-33)37-24/h2-8,11,13,18,20-21,24,32-35H,9-10,12H2,1H3,(H2,26,27,28)/t18-,20-,21-,24-/m1/s1. The van der Waals surface area contributed by atoms with E-state index >= 15 is 0 Å².